The van der Waals surface area contributed by atoms with Crippen LogP contribution in [-0.2, 0) is 17.8 Å². The number of carbonyl (C=O) groups is 1. The number of thioether (sulfide) groups is 1. The zero-order valence-corrected chi connectivity index (χ0v) is 15.3. The summed E-state index contributed by atoms with van der Waals surface area (Å²) in [5, 5.41) is 3.04. The molecule has 0 saturated heterocycles. The molecule has 5 heteroatoms. The normalized spacial score (nSPS) is 16.7. The van der Waals surface area contributed by atoms with E-state index in [9.17, 15) is 4.79 Å². The molecular weight excluding hydrogens is 306 g/mol. The molecule has 1 aromatic rings. The number of nitrogens with two attached hydrogens (primary N) is 1. The highest BCUT2D eigenvalue weighted by Crippen LogP contribution is 2.24. The first kappa shape index (κ1) is 18.3. The molecule has 0 saturated carbocycles. The Morgan fingerprint density at radius 3 is 2.78 bits per heavy atom. The number of nitrogens with one attached hydrogen (secondary N) is 1. The largest absolute Gasteiger partial charge is 0.353 e. The average molecular weight is 336 g/mol. The molecule has 4 nitrogen and oxygen atoms in total. The molecule has 1 amide bonds. The monoisotopic (exact) mass is 335 g/mol. The first-order chi connectivity index (χ1) is 10.9. The Morgan fingerprint density at radius 2 is 2.09 bits per heavy atom. The molecule has 1 aliphatic rings. The molecule has 0 fully saturated rings. The van der Waals surface area contributed by atoms with Crippen LogP contribution in [0.3, 0.4) is 0 Å². The second-order valence-corrected chi connectivity index (χ2v) is 7.84. The number of hydrogen-bond acceptors (Lipinski definition) is 4. The molecule has 1 atom stereocenters. The topological polar surface area (TPSA) is 58.4 Å². The lowest BCUT2D eigenvalue weighted by Crippen LogP contribution is -2.55. The van der Waals surface area contributed by atoms with Gasteiger partial charge >= 0.3 is 0 Å². The van der Waals surface area contributed by atoms with Gasteiger partial charge in [0.1, 0.15) is 0 Å². The minimum atomic E-state index is -0.402. The molecule has 0 aliphatic carbocycles. The zero-order valence-electron chi connectivity index (χ0n) is 14.5. The smallest absolute Gasteiger partial charge is 0.237 e. The van der Waals surface area contributed by atoms with Crippen molar-refractivity contribution < 1.29 is 4.79 Å². The minimum absolute atomic E-state index is 0.0375. The zero-order chi connectivity index (χ0) is 16.9. The van der Waals surface area contributed by atoms with Gasteiger partial charge in [-0.05, 0) is 49.8 Å². The van der Waals surface area contributed by atoms with Crippen molar-refractivity contribution in [3.63, 3.8) is 0 Å². The third kappa shape index (κ3) is 4.96. The van der Waals surface area contributed by atoms with Crippen molar-refractivity contribution in [3.05, 3.63) is 35.4 Å². The summed E-state index contributed by atoms with van der Waals surface area (Å²) >= 11 is 1.72. The third-order valence-corrected chi connectivity index (χ3v) is 5.30. The lowest BCUT2D eigenvalue weighted by atomic mass is 9.94. The highest BCUT2D eigenvalue weighted by atomic mass is 32.2. The second kappa shape index (κ2) is 8.18. The lowest BCUT2D eigenvalue weighted by molar-refractivity contribution is -0.123. The highest BCUT2D eigenvalue weighted by Gasteiger charge is 2.30. The molecule has 1 heterocycles. The van der Waals surface area contributed by atoms with Crippen LogP contribution in [0.15, 0.2) is 24.3 Å². The van der Waals surface area contributed by atoms with Crippen molar-refractivity contribution in [1.82, 2.24) is 10.2 Å². The van der Waals surface area contributed by atoms with Gasteiger partial charge < -0.3 is 11.1 Å². The Morgan fingerprint density at radius 1 is 1.39 bits per heavy atom. The SMILES string of the molecule is CSCC[C@H](N)C(=O)NCC(C)(C)N1CCc2ccccc2C1. The molecular formula is C18H29N3OS. The van der Waals surface area contributed by atoms with Gasteiger partial charge in [-0.1, -0.05) is 24.3 Å². The summed E-state index contributed by atoms with van der Waals surface area (Å²) in [6, 6.07) is 8.22. The van der Waals surface area contributed by atoms with Crippen LogP contribution in [0, 0.1) is 0 Å². The van der Waals surface area contributed by atoms with E-state index in [2.05, 4.69) is 48.3 Å². The van der Waals surface area contributed by atoms with Gasteiger partial charge in [0.15, 0.2) is 0 Å². The maximum atomic E-state index is 12.1. The maximum absolute atomic E-state index is 12.1. The lowest BCUT2D eigenvalue weighted by Gasteiger charge is -2.41. The van der Waals surface area contributed by atoms with Crippen LogP contribution in [-0.4, -0.2) is 47.5 Å². The molecule has 0 unspecified atom stereocenters. The number of rotatable bonds is 7. The fourth-order valence-electron chi connectivity index (χ4n) is 2.93. The molecule has 0 aromatic heterocycles. The van der Waals surface area contributed by atoms with E-state index in [1.54, 1.807) is 11.8 Å². The van der Waals surface area contributed by atoms with Gasteiger partial charge in [0, 0.05) is 25.2 Å². The van der Waals surface area contributed by atoms with Gasteiger partial charge in [-0.15, -0.1) is 0 Å². The van der Waals surface area contributed by atoms with Gasteiger partial charge in [-0.2, -0.15) is 11.8 Å². The molecule has 3 N–H and O–H groups in total. The van der Waals surface area contributed by atoms with Gasteiger partial charge in [0.05, 0.1) is 6.04 Å². The minimum Gasteiger partial charge on any atom is -0.353 e. The molecule has 0 spiro atoms. The van der Waals surface area contributed by atoms with Crippen molar-refractivity contribution in [2.45, 2.75) is 44.8 Å². The highest BCUT2D eigenvalue weighted by molar-refractivity contribution is 7.98. The predicted octanol–water partition coefficient (Wildman–Crippen LogP) is 2.02. The van der Waals surface area contributed by atoms with Crippen molar-refractivity contribution >= 4 is 17.7 Å². The summed E-state index contributed by atoms with van der Waals surface area (Å²) in [5.74, 6) is 0.880. The van der Waals surface area contributed by atoms with Crippen LogP contribution in [0.1, 0.15) is 31.4 Å². The molecule has 128 valence electrons. The van der Waals surface area contributed by atoms with E-state index in [1.165, 1.54) is 11.1 Å². The van der Waals surface area contributed by atoms with Gasteiger partial charge in [-0.3, -0.25) is 9.69 Å². The number of carbonyl (C=O) groups excluding carboxylic acids is 1. The summed E-state index contributed by atoms with van der Waals surface area (Å²) < 4.78 is 0. The molecule has 0 bridgehead atoms. The van der Waals surface area contributed by atoms with E-state index < -0.39 is 6.04 Å². The average Bonchev–Trinajstić information content (AvgIpc) is 2.57. The predicted molar refractivity (Wildman–Crippen MR) is 98.6 cm³/mol. The van der Waals surface area contributed by atoms with E-state index in [0.717, 1.165) is 31.7 Å². The number of amides is 1. The van der Waals surface area contributed by atoms with Crippen molar-refractivity contribution in [1.29, 1.82) is 0 Å². The van der Waals surface area contributed by atoms with E-state index in [1.807, 2.05) is 6.26 Å². The summed E-state index contributed by atoms with van der Waals surface area (Å²) in [5.41, 5.74) is 8.70. The van der Waals surface area contributed by atoms with Crippen LogP contribution < -0.4 is 11.1 Å². The Bertz CT molecular complexity index is 533. The van der Waals surface area contributed by atoms with Gasteiger partial charge in [0.25, 0.3) is 0 Å². The number of benzene rings is 1. The van der Waals surface area contributed by atoms with E-state index in [4.69, 9.17) is 5.73 Å². The van der Waals surface area contributed by atoms with Crippen LogP contribution in [0.5, 0.6) is 0 Å². The number of nitrogens with zero attached hydrogens (tertiary/aromatic N) is 1. The van der Waals surface area contributed by atoms with E-state index >= 15 is 0 Å². The van der Waals surface area contributed by atoms with Crippen LogP contribution >= 0.6 is 11.8 Å². The summed E-state index contributed by atoms with van der Waals surface area (Å²) in [6.45, 7) is 6.97. The van der Waals surface area contributed by atoms with Crippen LogP contribution in [0.25, 0.3) is 0 Å². The maximum Gasteiger partial charge on any atom is 0.237 e. The van der Waals surface area contributed by atoms with Gasteiger partial charge in [0.2, 0.25) is 5.91 Å². The number of fused-ring (bicyclic) bond motifs is 1. The first-order valence-corrected chi connectivity index (χ1v) is 9.67. The number of hydrogen-bond donors (Lipinski definition) is 2. The Labute approximate surface area is 144 Å². The van der Waals surface area contributed by atoms with Crippen molar-refractivity contribution in [2.24, 2.45) is 5.73 Å². The molecule has 1 aromatic carbocycles. The third-order valence-electron chi connectivity index (χ3n) is 4.65. The molecule has 1 aliphatic heterocycles. The quantitative estimate of drug-likeness (QED) is 0.800. The first-order valence-electron chi connectivity index (χ1n) is 8.28. The van der Waals surface area contributed by atoms with Crippen LogP contribution in [0.2, 0.25) is 0 Å². The van der Waals surface area contributed by atoms with Crippen LogP contribution in [0.4, 0.5) is 0 Å². The van der Waals surface area contributed by atoms with Gasteiger partial charge in [-0.25, -0.2) is 0 Å². The molecule has 23 heavy (non-hydrogen) atoms. The Hall–Kier alpha value is -1.04. The van der Waals surface area contributed by atoms with E-state index in [-0.39, 0.29) is 11.4 Å². The summed E-state index contributed by atoms with van der Waals surface area (Å²) in [6.07, 6.45) is 3.83. The van der Waals surface area contributed by atoms with Crippen molar-refractivity contribution in [2.75, 3.05) is 25.1 Å². The molecule has 0 radical (unpaired) electrons. The Kier molecular flexibility index (Phi) is 6.50. The second-order valence-electron chi connectivity index (χ2n) is 6.86. The standard InChI is InChI=1S/C18H29N3OS/c1-18(2,13-20-17(22)16(19)9-11-23-3)21-10-8-14-6-4-5-7-15(14)12-21/h4-7,16H,8-13,19H2,1-3H3,(H,20,22)/t16-/m0/s1. The summed E-state index contributed by atoms with van der Waals surface area (Å²) in [7, 11) is 0. The Balaban J connectivity index is 1.88. The molecule has 2 rings (SSSR count). The van der Waals surface area contributed by atoms with Crippen molar-refractivity contribution in [3.8, 4) is 0 Å². The fraction of sp³-hybridized carbons (Fsp3) is 0.611. The summed E-state index contributed by atoms with van der Waals surface area (Å²) in [4.78, 5) is 14.6. The fourth-order valence-corrected chi connectivity index (χ4v) is 3.42. The van der Waals surface area contributed by atoms with E-state index in [0.29, 0.717) is 6.54 Å².